The average molecular weight is 294 g/mol. The molecule has 0 bridgehead atoms. The lowest BCUT2D eigenvalue weighted by atomic mass is 10.0. The van der Waals surface area contributed by atoms with Crippen LogP contribution >= 0.6 is 0 Å². The second-order valence-electron chi connectivity index (χ2n) is 5.40. The van der Waals surface area contributed by atoms with Crippen LogP contribution in [-0.4, -0.2) is 28.3 Å². The molecule has 1 aliphatic rings. The van der Waals surface area contributed by atoms with Crippen LogP contribution in [0.5, 0.6) is 0 Å². The number of hydrogen-bond acceptors (Lipinski definition) is 4. The molecule has 4 rings (SSSR count). The molecule has 2 aromatic heterocycles. The molecule has 0 radical (unpaired) electrons. The van der Waals surface area contributed by atoms with Gasteiger partial charge in [-0.1, -0.05) is 0 Å². The van der Waals surface area contributed by atoms with Crippen molar-refractivity contribution >= 4 is 33.6 Å². The van der Waals surface area contributed by atoms with E-state index in [0.717, 1.165) is 39.4 Å². The summed E-state index contributed by atoms with van der Waals surface area (Å²) >= 11 is 0. The molecule has 0 aliphatic heterocycles. The topological polar surface area (TPSA) is 72.0 Å². The normalized spacial score (nSPS) is 13.8. The first-order valence-corrected chi connectivity index (χ1v) is 7.32. The van der Waals surface area contributed by atoms with Gasteiger partial charge in [0.25, 0.3) is 0 Å². The van der Waals surface area contributed by atoms with E-state index >= 15 is 0 Å². The lowest BCUT2D eigenvalue weighted by Crippen LogP contribution is -2.06. The Morgan fingerprint density at radius 1 is 1.32 bits per heavy atom. The first kappa shape index (κ1) is 13.0. The van der Waals surface area contributed by atoms with Crippen molar-refractivity contribution in [2.24, 2.45) is 0 Å². The van der Waals surface area contributed by atoms with Crippen LogP contribution in [0.15, 0.2) is 24.4 Å². The van der Waals surface area contributed by atoms with Gasteiger partial charge in [-0.3, -0.25) is 4.79 Å². The van der Waals surface area contributed by atoms with Gasteiger partial charge in [-0.15, -0.1) is 0 Å². The van der Waals surface area contributed by atoms with E-state index in [1.807, 2.05) is 12.1 Å². The van der Waals surface area contributed by atoms with Gasteiger partial charge in [0.2, 0.25) is 0 Å². The fourth-order valence-electron chi connectivity index (χ4n) is 3.18. The van der Waals surface area contributed by atoms with Crippen LogP contribution in [0.4, 0.5) is 0 Å². The molecule has 5 nitrogen and oxygen atoms in total. The molecule has 1 N–H and O–H groups in total. The van der Waals surface area contributed by atoms with Gasteiger partial charge in [-0.05, 0) is 37.1 Å². The number of esters is 1. The Morgan fingerprint density at radius 3 is 3.00 bits per heavy atom. The van der Waals surface area contributed by atoms with E-state index in [1.54, 1.807) is 19.2 Å². The molecule has 3 aromatic rings. The van der Waals surface area contributed by atoms with Crippen molar-refractivity contribution in [3.05, 3.63) is 41.2 Å². The van der Waals surface area contributed by atoms with Gasteiger partial charge in [0, 0.05) is 28.3 Å². The van der Waals surface area contributed by atoms with Gasteiger partial charge in [0.1, 0.15) is 5.69 Å². The molecule has 110 valence electrons. The molecule has 5 heteroatoms. The summed E-state index contributed by atoms with van der Waals surface area (Å²) in [5.74, 6) is -0.242. The maximum atomic E-state index is 11.9. The van der Waals surface area contributed by atoms with Crippen molar-refractivity contribution in [1.82, 2.24) is 9.97 Å². The lowest BCUT2D eigenvalue weighted by molar-refractivity contribution is 0.0519. The Labute approximate surface area is 126 Å². The number of nitrogens with one attached hydrogen (secondary N) is 1. The molecule has 0 amide bonds. The summed E-state index contributed by atoms with van der Waals surface area (Å²) in [6.07, 6.45) is 2.94. The number of carbonyl (C=O) groups is 2. The fourth-order valence-corrected chi connectivity index (χ4v) is 3.18. The van der Waals surface area contributed by atoms with E-state index in [1.165, 1.54) is 0 Å². The highest BCUT2D eigenvalue weighted by atomic mass is 16.5. The second-order valence-corrected chi connectivity index (χ2v) is 5.40. The maximum Gasteiger partial charge on any atom is 0.356 e. The van der Waals surface area contributed by atoms with E-state index in [9.17, 15) is 9.59 Å². The predicted octanol–water partition coefficient (Wildman–Crippen LogP) is 3.02. The lowest BCUT2D eigenvalue weighted by Gasteiger charge is -2.02. The monoisotopic (exact) mass is 294 g/mol. The quantitative estimate of drug-likeness (QED) is 0.737. The summed E-state index contributed by atoms with van der Waals surface area (Å²) in [6.45, 7) is 2.08. The van der Waals surface area contributed by atoms with Gasteiger partial charge in [-0.25, -0.2) is 9.78 Å². The molecule has 1 aliphatic carbocycles. The Kier molecular flexibility index (Phi) is 2.76. The summed E-state index contributed by atoms with van der Waals surface area (Å²) in [5, 5.41) is 1.94. The van der Waals surface area contributed by atoms with Gasteiger partial charge in [-0.2, -0.15) is 0 Å². The van der Waals surface area contributed by atoms with E-state index in [0.29, 0.717) is 13.0 Å². The highest BCUT2D eigenvalue weighted by molar-refractivity contribution is 6.15. The van der Waals surface area contributed by atoms with E-state index < -0.39 is 5.97 Å². The van der Waals surface area contributed by atoms with Gasteiger partial charge < -0.3 is 9.72 Å². The minimum absolute atomic E-state index is 0.186. The number of aromatic amines is 1. The summed E-state index contributed by atoms with van der Waals surface area (Å²) in [6, 6.07) is 5.54. The highest BCUT2D eigenvalue weighted by Crippen LogP contribution is 2.35. The van der Waals surface area contributed by atoms with Crippen LogP contribution in [0.3, 0.4) is 0 Å². The van der Waals surface area contributed by atoms with Gasteiger partial charge >= 0.3 is 5.97 Å². The third-order valence-electron chi connectivity index (χ3n) is 4.14. The third-order valence-corrected chi connectivity index (χ3v) is 4.14. The number of H-pyrrole nitrogens is 1. The molecule has 0 unspecified atom stereocenters. The molecule has 1 aromatic carbocycles. The van der Waals surface area contributed by atoms with E-state index in [-0.39, 0.29) is 11.5 Å². The van der Waals surface area contributed by atoms with Crippen molar-refractivity contribution in [3.8, 4) is 0 Å². The number of rotatable bonds is 2. The minimum atomic E-state index is -0.428. The zero-order chi connectivity index (χ0) is 15.3. The third kappa shape index (κ3) is 1.75. The largest absolute Gasteiger partial charge is 0.461 e. The molecular weight excluding hydrogens is 280 g/mol. The predicted molar refractivity (Wildman–Crippen MR) is 82.2 cm³/mol. The van der Waals surface area contributed by atoms with Crippen molar-refractivity contribution in [1.29, 1.82) is 0 Å². The number of hydrogen-bond donors (Lipinski definition) is 1. The minimum Gasteiger partial charge on any atom is -0.461 e. The fraction of sp³-hybridized carbons (Fsp3) is 0.235. The maximum absolute atomic E-state index is 11.9. The van der Waals surface area contributed by atoms with Crippen LogP contribution in [-0.2, 0) is 11.2 Å². The molecular formula is C17H14N2O3. The summed E-state index contributed by atoms with van der Waals surface area (Å²) < 4.78 is 5.01. The molecule has 0 saturated carbocycles. The number of ether oxygens (including phenoxy) is 1. The molecule has 0 spiro atoms. The van der Waals surface area contributed by atoms with Crippen LogP contribution in [0.2, 0.25) is 0 Å². The number of carbonyl (C=O) groups excluding carboxylic acids is 2. The number of Topliss-reactive ketones (excluding diaryl/α,β-unsaturated/α-hetero) is 1. The second kappa shape index (κ2) is 4.66. The van der Waals surface area contributed by atoms with Crippen LogP contribution in [0, 0.1) is 0 Å². The Bertz CT molecular complexity index is 940. The molecule has 0 fully saturated rings. The van der Waals surface area contributed by atoms with Crippen LogP contribution < -0.4 is 0 Å². The van der Waals surface area contributed by atoms with E-state index in [2.05, 4.69) is 9.97 Å². The Morgan fingerprint density at radius 2 is 2.18 bits per heavy atom. The molecule has 0 atom stereocenters. The van der Waals surface area contributed by atoms with Crippen LogP contribution in [0.25, 0.3) is 21.8 Å². The average Bonchev–Trinajstić information content (AvgIpc) is 3.07. The summed E-state index contributed by atoms with van der Waals surface area (Å²) in [7, 11) is 0. The van der Waals surface area contributed by atoms with E-state index in [4.69, 9.17) is 4.74 Å². The van der Waals surface area contributed by atoms with Crippen molar-refractivity contribution in [2.45, 2.75) is 19.8 Å². The van der Waals surface area contributed by atoms with Crippen molar-refractivity contribution in [3.63, 3.8) is 0 Å². The van der Waals surface area contributed by atoms with Crippen molar-refractivity contribution in [2.75, 3.05) is 6.61 Å². The zero-order valence-corrected chi connectivity index (χ0v) is 12.1. The smallest absolute Gasteiger partial charge is 0.356 e. The standard InChI is InChI=1S/C17H14N2O3/c1-2-22-17(21)13-7-11-14(8-18-13)19-12-5-3-9-10(16(11)12)4-6-15(9)20/h3,5,7-8,19H,2,4,6H2,1H3. The number of benzene rings is 1. The Hall–Kier alpha value is -2.69. The number of aryl methyl sites for hydroxylation is 1. The number of ketones is 1. The molecule has 0 saturated heterocycles. The highest BCUT2D eigenvalue weighted by Gasteiger charge is 2.23. The summed E-state index contributed by atoms with van der Waals surface area (Å²) in [4.78, 5) is 31.3. The molecule has 22 heavy (non-hydrogen) atoms. The molecule has 2 heterocycles. The first-order chi connectivity index (χ1) is 10.7. The number of pyridine rings is 1. The Balaban J connectivity index is 2.00. The number of fused-ring (bicyclic) bond motifs is 5. The van der Waals surface area contributed by atoms with Gasteiger partial charge in [0.15, 0.2) is 5.78 Å². The van der Waals surface area contributed by atoms with Gasteiger partial charge in [0.05, 0.1) is 18.3 Å². The number of aromatic nitrogens is 2. The first-order valence-electron chi connectivity index (χ1n) is 7.32. The summed E-state index contributed by atoms with van der Waals surface area (Å²) in [5.41, 5.74) is 3.97. The van der Waals surface area contributed by atoms with Crippen LogP contribution in [0.1, 0.15) is 39.8 Å². The zero-order valence-electron chi connectivity index (χ0n) is 12.1. The van der Waals surface area contributed by atoms with Crippen molar-refractivity contribution < 1.29 is 14.3 Å². The number of nitrogens with zero attached hydrogens (tertiary/aromatic N) is 1. The SMILES string of the molecule is CCOC(=O)c1cc2c(cn1)[nH]c1ccc3c(c12)CCC3=O.